The van der Waals surface area contributed by atoms with Crippen molar-refractivity contribution in [1.82, 2.24) is 4.98 Å². The molecule has 0 atom stereocenters. The Morgan fingerprint density at radius 1 is 1.65 bits per heavy atom. The Kier molecular flexibility index (Phi) is 3.28. The molecule has 1 aromatic heterocycles. The van der Waals surface area contributed by atoms with Gasteiger partial charge in [0.2, 0.25) is 0 Å². The lowest BCUT2D eigenvalue weighted by molar-refractivity contribution is -0.385. The van der Waals surface area contributed by atoms with Gasteiger partial charge in [-0.2, -0.15) is 5.26 Å². The molecule has 0 saturated heterocycles. The monoisotopic (exact) mass is 243 g/mol. The first-order valence-corrected chi connectivity index (χ1v) is 3.99. The zero-order valence-electron chi connectivity index (χ0n) is 7.92. The van der Waals surface area contributed by atoms with Crippen molar-refractivity contribution in [2.45, 2.75) is 6.43 Å². The number of hydrogen-bond acceptors (Lipinski definition) is 5. The van der Waals surface area contributed by atoms with Crippen molar-refractivity contribution in [2.24, 2.45) is 0 Å². The van der Waals surface area contributed by atoms with E-state index < -0.39 is 39.8 Å². The van der Waals surface area contributed by atoms with Gasteiger partial charge in [-0.1, -0.05) is 0 Å². The van der Waals surface area contributed by atoms with E-state index in [0.29, 0.717) is 6.20 Å². The summed E-state index contributed by atoms with van der Waals surface area (Å²) in [7, 11) is 0. The number of carbonyl (C=O) groups is 1. The summed E-state index contributed by atoms with van der Waals surface area (Å²) in [5.74, 6) is -1.93. The third-order valence-electron chi connectivity index (χ3n) is 1.80. The van der Waals surface area contributed by atoms with Crippen LogP contribution in [-0.2, 0) is 0 Å². The molecule has 1 heterocycles. The molecule has 1 N–H and O–H groups in total. The van der Waals surface area contributed by atoms with Gasteiger partial charge in [0.15, 0.2) is 5.56 Å². The molecule has 0 saturated carbocycles. The highest BCUT2D eigenvalue weighted by atomic mass is 19.3. The van der Waals surface area contributed by atoms with Crippen molar-refractivity contribution in [2.75, 3.05) is 0 Å². The minimum Gasteiger partial charge on any atom is -0.477 e. The van der Waals surface area contributed by atoms with Gasteiger partial charge in [-0.25, -0.2) is 13.6 Å². The summed E-state index contributed by atoms with van der Waals surface area (Å²) >= 11 is 0. The summed E-state index contributed by atoms with van der Waals surface area (Å²) in [5, 5.41) is 27.8. The number of alkyl halides is 2. The van der Waals surface area contributed by atoms with E-state index in [0.717, 1.165) is 0 Å². The first-order valence-electron chi connectivity index (χ1n) is 3.99. The Labute approximate surface area is 92.1 Å². The van der Waals surface area contributed by atoms with Crippen LogP contribution in [0.15, 0.2) is 6.20 Å². The normalized spacial score (nSPS) is 10.0. The number of rotatable bonds is 3. The molecule has 7 nitrogen and oxygen atoms in total. The van der Waals surface area contributed by atoms with Crippen LogP contribution in [0, 0.1) is 21.4 Å². The topological polar surface area (TPSA) is 117 Å². The quantitative estimate of drug-likeness (QED) is 0.634. The Bertz CT molecular complexity index is 538. The predicted octanol–water partition coefficient (Wildman–Crippen LogP) is 1.50. The molecular formula is C8H3F2N3O4. The minimum absolute atomic E-state index is 0.548. The van der Waals surface area contributed by atoms with E-state index in [-0.39, 0.29) is 0 Å². The van der Waals surface area contributed by atoms with Crippen molar-refractivity contribution in [3.63, 3.8) is 0 Å². The highest BCUT2D eigenvalue weighted by Gasteiger charge is 2.32. The Balaban J connectivity index is 3.73. The Morgan fingerprint density at radius 2 is 2.24 bits per heavy atom. The predicted molar refractivity (Wildman–Crippen MR) is 47.5 cm³/mol. The first kappa shape index (κ1) is 12.4. The molecule has 0 aliphatic heterocycles. The van der Waals surface area contributed by atoms with Gasteiger partial charge in [0, 0.05) is 0 Å². The van der Waals surface area contributed by atoms with Gasteiger partial charge in [0.1, 0.15) is 17.3 Å². The van der Waals surface area contributed by atoms with Crippen molar-refractivity contribution < 1.29 is 23.6 Å². The van der Waals surface area contributed by atoms with Gasteiger partial charge >= 0.3 is 11.7 Å². The number of hydrogen-bond donors (Lipinski definition) is 1. The second-order valence-corrected chi connectivity index (χ2v) is 2.76. The fourth-order valence-corrected chi connectivity index (χ4v) is 1.16. The SMILES string of the molecule is N#Cc1cnc(C(F)F)c(C(=O)O)c1[N+](=O)[O-]. The lowest BCUT2D eigenvalue weighted by atomic mass is 10.1. The summed E-state index contributed by atoms with van der Waals surface area (Å²) in [5.41, 5.74) is -4.35. The molecule has 17 heavy (non-hydrogen) atoms. The number of halogens is 2. The van der Waals surface area contributed by atoms with Crippen molar-refractivity contribution >= 4 is 11.7 Å². The lowest BCUT2D eigenvalue weighted by Crippen LogP contribution is -2.11. The Hall–Kier alpha value is -2.63. The maximum absolute atomic E-state index is 12.4. The number of carboxylic acid groups (broad SMARTS) is 1. The van der Waals surface area contributed by atoms with Crippen molar-refractivity contribution in [3.8, 4) is 6.07 Å². The number of aromatic carboxylic acids is 1. The zero-order valence-corrected chi connectivity index (χ0v) is 7.92. The number of aromatic nitrogens is 1. The van der Waals surface area contributed by atoms with Gasteiger partial charge in [-0.3, -0.25) is 15.1 Å². The molecule has 1 aromatic rings. The molecule has 88 valence electrons. The average molecular weight is 243 g/mol. The van der Waals surface area contributed by atoms with E-state index in [1.54, 1.807) is 0 Å². The summed E-state index contributed by atoms with van der Waals surface area (Å²) in [4.78, 5) is 23.2. The standard InChI is InChI=1S/C8H3F2N3O4/c9-7(10)5-4(8(14)15)6(13(16)17)3(1-11)2-12-5/h2,7H,(H,14,15). The maximum Gasteiger partial charge on any atom is 0.344 e. The molecule has 0 spiro atoms. The molecule has 0 aromatic carbocycles. The third-order valence-corrected chi connectivity index (χ3v) is 1.80. The number of nitrogens with zero attached hydrogens (tertiary/aromatic N) is 3. The fraction of sp³-hybridized carbons (Fsp3) is 0.125. The van der Waals surface area contributed by atoms with Crippen molar-refractivity contribution in [1.29, 1.82) is 5.26 Å². The van der Waals surface area contributed by atoms with E-state index in [1.807, 2.05) is 0 Å². The lowest BCUT2D eigenvalue weighted by Gasteiger charge is -2.05. The largest absolute Gasteiger partial charge is 0.477 e. The second kappa shape index (κ2) is 4.48. The van der Waals surface area contributed by atoms with Crippen LogP contribution in [-0.4, -0.2) is 21.0 Å². The molecule has 0 aliphatic carbocycles. The van der Waals surface area contributed by atoms with Crippen LogP contribution >= 0.6 is 0 Å². The van der Waals surface area contributed by atoms with Gasteiger partial charge in [-0.15, -0.1) is 0 Å². The molecular weight excluding hydrogens is 240 g/mol. The van der Waals surface area contributed by atoms with Crippen LogP contribution in [0.5, 0.6) is 0 Å². The summed E-state index contributed by atoms with van der Waals surface area (Å²) in [6.07, 6.45) is -2.74. The molecule has 0 radical (unpaired) electrons. The minimum atomic E-state index is -3.28. The first-order chi connectivity index (χ1) is 7.90. The van der Waals surface area contributed by atoms with Crippen LogP contribution < -0.4 is 0 Å². The van der Waals surface area contributed by atoms with Crippen molar-refractivity contribution in [3.05, 3.63) is 33.1 Å². The Morgan fingerprint density at radius 3 is 2.59 bits per heavy atom. The fourth-order valence-electron chi connectivity index (χ4n) is 1.16. The number of carboxylic acids is 1. The molecule has 0 aliphatic rings. The van der Waals surface area contributed by atoms with Crippen LogP contribution in [0.25, 0.3) is 0 Å². The van der Waals surface area contributed by atoms with E-state index in [1.165, 1.54) is 6.07 Å². The maximum atomic E-state index is 12.4. The van der Waals surface area contributed by atoms with Gasteiger partial charge < -0.3 is 5.11 Å². The number of pyridine rings is 1. The number of nitro groups is 1. The zero-order chi connectivity index (χ0) is 13.2. The van der Waals surface area contributed by atoms with E-state index in [2.05, 4.69) is 4.98 Å². The number of nitriles is 1. The molecule has 0 unspecified atom stereocenters. The molecule has 1 rings (SSSR count). The van der Waals surface area contributed by atoms with Crippen LogP contribution in [0.3, 0.4) is 0 Å². The third kappa shape index (κ3) is 2.15. The second-order valence-electron chi connectivity index (χ2n) is 2.76. The van der Waals surface area contributed by atoms with Crippen LogP contribution in [0.1, 0.15) is 28.0 Å². The average Bonchev–Trinajstić information content (AvgIpc) is 2.26. The van der Waals surface area contributed by atoms with E-state index in [9.17, 15) is 23.7 Å². The van der Waals surface area contributed by atoms with E-state index in [4.69, 9.17) is 10.4 Å². The molecule has 9 heteroatoms. The highest BCUT2D eigenvalue weighted by molar-refractivity contribution is 5.94. The smallest absolute Gasteiger partial charge is 0.344 e. The van der Waals surface area contributed by atoms with Crippen LogP contribution in [0.4, 0.5) is 14.5 Å². The van der Waals surface area contributed by atoms with Gasteiger partial charge in [-0.05, 0) is 0 Å². The molecule has 0 amide bonds. The molecule has 0 bridgehead atoms. The summed E-state index contributed by atoms with van der Waals surface area (Å²) in [6, 6.07) is 1.33. The van der Waals surface area contributed by atoms with Gasteiger partial charge in [0.05, 0.1) is 11.1 Å². The summed E-state index contributed by atoms with van der Waals surface area (Å²) in [6.45, 7) is 0. The highest BCUT2D eigenvalue weighted by Crippen LogP contribution is 2.30. The van der Waals surface area contributed by atoms with Gasteiger partial charge in [0.25, 0.3) is 6.43 Å². The van der Waals surface area contributed by atoms with Crippen LogP contribution in [0.2, 0.25) is 0 Å². The van der Waals surface area contributed by atoms with E-state index >= 15 is 0 Å². The molecule has 0 fully saturated rings. The summed E-state index contributed by atoms with van der Waals surface area (Å²) < 4.78 is 24.9.